The molecule has 0 N–H and O–H groups in total. The van der Waals surface area contributed by atoms with Crippen molar-refractivity contribution in [3.05, 3.63) is 29.6 Å². The molecule has 0 saturated carbocycles. The Morgan fingerprint density at radius 2 is 0.722 bits per heavy atom. The van der Waals surface area contributed by atoms with Crippen molar-refractivity contribution < 1.29 is 40.8 Å². The van der Waals surface area contributed by atoms with Crippen molar-refractivity contribution in [3.8, 4) is 0 Å². The molecule has 316 valence electrons. The predicted octanol–water partition coefficient (Wildman–Crippen LogP) is 10.4. The second-order valence-corrected chi connectivity index (χ2v) is 20.3. The molecule has 0 spiro atoms. The Labute approximate surface area is 328 Å². The van der Waals surface area contributed by atoms with Gasteiger partial charge in [0, 0.05) is 39.3 Å². The number of fused-ring (bicyclic) bond motifs is 2. The fourth-order valence-corrected chi connectivity index (χ4v) is 11.0. The first-order valence-corrected chi connectivity index (χ1v) is 26.0. The van der Waals surface area contributed by atoms with E-state index in [0.29, 0.717) is 78.9 Å². The lowest BCUT2D eigenvalue weighted by atomic mass is 10.2. The summed E-state index contributed by atoms with van der Waals surface area (Å²) in [5.74, 6) is 0. The molecule has 2 bridgehead atoms. The summed E-state index contributed by atoms with van der Waals surface area (Å²) in [4.78, 5) is 11.3. The molecule has 2 heterocycles. The van der Waals surface area contributed by atoms with E-state index < -0.39 is 22.8 Å². The monoisotopic (exact) mass is 824 g/mol. The third-order valence-corrected chi connectivity index (χ3v) is 14.6. The normalized spacial score (nSPS) is 16.0. The molecule has 0 unspecified atom stereocenters. The molecule has 1 aliphatic heterocycles. The maximum absolute atomic E-state index is 14.4. The van der Waals surface area contributed by atoms with Crippen LogP contribution in [0, 0.1) is 0 Å². The van der Waals surface area contributed by atoms with Gasteiger partial charge in [-0.2, -0.15) is 0 Å². The summed E-state index contributed by atoms with van der Waals surface area (Å²) in [5, 5.41) is 0. The summed E-state index contributed by atoms with van der Waals surface area (Å²) < 4.78 is 79.0. The summed E-state index contributed by atoms with van der Waals surface area (Å²) in [5.41, 5.74) is 1.62. The molecule has 0 radical (unpaired) electrons. The van der Waals surface area contributed by atoms with E-state index >= 15 is 0 Å². The van der Waals surface area contributed by atoms with Gasteiger partial charge in [0.05, 0.1) is 51.0 Å². The average molecular weight is 825 g/mol. The first-order valence-electron chi connectivity index (χ1n) is 20.8. The van der Waals surface area contributed by atoms with E-state index in [-0.39, 0.29) is 18.9 Å². The van der Waals surface area contributed by atoms with Crippen LogP contribution in [-0.2, 0) is 53.9 Å². The summed E-state index contributed by atoms with van der Waals surface area (Å²) in [6.45, 7) is 17.4. The Kier molecular flexibility index (Phi) is 26.5. The molecular formula is C38H75N4O9P3. The van der Waals surface area contributed by atoms with Gasteiger partial charge in [-0.3, -0.25) is 33.4 Å². The maximum atomic E-state index is 14.4. The lowest BCUT2D eigenvalue weighted by molar-refractivity contribution is 0.145. The lowest BCUT2D eigenvalue weighted by Crippen LogP contribution is -2.41. The molecule has 1 aromatic rings. The standard InChI is InChI=1S/C38H75N4O9P3/c1-7-13-26-46-52(43,47-27-14-8-2)34-40-22-24-41(35-53(44,48-28-15-9-3)49-29-16-10-4)32-37-20-19-21-38(39-37)33-42(25-23-40)36-54(45,50-30-17-11-5)51-31-18-12-6/h19-21H,7-18,22-36H2,1-6H3. The third-order valence-electron chi connectivity index (χ3n) is 8.94. The number of nitrogens with zero attached hydrogens (tertiary/aromatic N) is 4. The average Bonchev–Trinajstić information content (AvgIpc) is 3.13. The smallest absolute Gasteiger partial charge is 0.308 e. The molecule has 1 aromatic heterocycles. The van der Waals surface area contributed by atoms with Crippen molar-refractivity contribution in [3.63, 3.8) is 0 Å². The lowest BCUT2D eigenvalue weighted by Gasteiger charge is -2.34. The fourth-order valence-electron chi connectivity index (χ4n) is 5.56. The number of aromatic nitrogens is 1. The van der Waals surface area contributed by atoms with Crippen LogP contribution in [0.2, 0.25) is 0 Å². The molecule has 0 saturated heterocycles. The van der Waals surface area contributed by atoms with Crippen LogP contribution in [0.5, 0.6) is 0 Å². The zero-order valence-electron chi connectivity index (χ0n) is 34.6. The van der Waals surface area contributed by atoms with E-state index in [0.717, 1.165) is 88.4 Å². The number of unbranched alkanes of at least 4 members (excludes halogenated alkanes) is 6. The quantitative estimate of drug-likeness (QED) is 0.0539. The Hall–Kier alpha value is -0.520. The molecule has 0 atom stereocenters. The van der Waals surface area contributed by atoms with Crippen LogP contribution in [-0.4, -0.2) is 104 Å². The Balaban J connectivity index is 2.51. The second kappa shape index (κ2) is 28.8. The summed E-state index contributed by atoms with van der Waals surface area (Å²) in [6, 6.07) is 5.91. The molecular weight excluding hydrogens is 749 g/mol. The van der Waals surface area contributed by atoms with Gasteiger partial charge in [-0.05, 0) is 50.7 Å². The fraction of sp³-hybridized carbons (Fsp3) is 0.868. The van der Waals surface area contributed by atoms with Gasteiger partial charge < -0.3 is 27.1 Å². The molecule has 0 fully saturated rings. The van der Waals surface area contributed by atoms with Crippen LogP contribution in [0.1, 0.15) is 130 Å². The van der Waals surface area contributed by atoms with E-state index in [9.17, 15) is 13.7 Å². The highest BCUT2D eigenvalue weighted by Crippen LogP contribution is 2.51. The van der Waals surface area contributed by atoms with Crippen LogP contribution in [0.15, 0.2) is 18.2 Å². The van der Waals surface area contributed by atoms with E-state index in [4.69, 9.17) is 32.1 Å². The molecule has 1 aliphatic rings. The topological polar surface area (TPSA) is 129 Å². The van der Waals surface area contributed by atoms with Crippen LogP contribution in [0.4, 0.5) is 0 Å². The van der Waals surface area contributed by atoms with Gasteiger partial charge in [-0.25, -0.2) is 0 Å². The van der Waals surface area contributed by atoms with Gasteiger partial charge in [0.1, 0.15) is 18.9 Å². The summed E-state index contributed by atoms with van der Waals surface area (Å²) in [7, 11) is -10.4. The van der Waals surface area contributed by atoms with Crippen molar-refractivity contribution in [2.45, 2.75) is 132 Å². The van der Waals surface area contributed by atoms with Crippen LogP contribution in [0.25, 0.3) is 0 Å². The van der Waals surface area contributed by atoms with E-state index in [1.807, 2.05) is 18.2 Å². The predicted molar refractivity (Wildman–Crippen MR) is 219 cm³/mol. The molecule has 13 nitrogen and oxygen atoms in total. The number of hydrogen-bond donors (Lipinski definition) is 0. The van der Waals surface area contributed by atoms with Gasteiger partial charge in [-0.15, -0.1) is 0 Å². The zero-order chi connectivity index (χ0) is 39.5. The van der Waals surface area contributed by atoms with Crippen LogP contribution in [0.3, 0.4) is 0 Å². The van der Waals surface area contributed by atoms with E-state index in [2.05, 4.69) is 56.2 Å². The highest BCUT2D eigenvalue weighted by atomic mass is 31.2. The minimum Gasteiger partial charge on any atom is -0.308 e. The van der Waals surface area contributed by atoms with Crippen LogP contribution < -0.4 is 0 Å². The number of hydrogen-bond acceptors (Lipinski definition) is 13. The summed E-state index contributed by atoms with van der Waals surface area (Å²) >= 11 is 0. The first kappa shape index (κ1) is 49.6. The van der Waals surface area contributed by atoms with E-state index in [1.165, 1.54) is 0 Å². The SMILES string of the molecule is CCCCOP(=O)(CN1CCN(CP(=O)(OCCCC)OCCCC)Cc2cccc(n2)CN(CP(=O)(OCCCC)OCCCC)CC1)OCCCC. The Morgan fingerprint density at radius 1 is 0.463 bits per heavy atom. The Bertz CT molecular complexity index is 1150. The number of rotatable bonds is 30. The molecule has 2 rings (SSSR count). The van der Waals surface area contributed by atoms with Gasteiger partial charge in [0.2, 0.25) is 0 Å². The van der Waals surface area contributed by atoms with Crippen molar-refractivity contribution >= 4 is 22.8 Å². The highest BCUT2D eigenvalue weighted by Gasteiger charge is 2.33. The molecule has 0 amide bonds. The number of pyridine rings is 1. The molecule has 16 heteroatoms. The second-order valence-electron chi connectivity index (χ2n) is 14.2. The van der Waals surface area contributed by atoms with Crippen molar-refractivity contribution in [2.75, 3.05) is 84.7 Å². The van der Waals surface area contributed by atoms with Crippen LogP contribution >= 0.6 is 22.8 Å². The Morgan fingerprint density at radius 3 is 1.00 bits per heavy atom. The molecule has 0 aliphatic carbocycles. The minimum atomic E-state index is -3.50. The first-order chi connectivity index (χ1) is 26.0. The van der Waals surface area contributed by atoms with E-state index in [1.54, 1.807) is 0 Å². The van der Waals surface area contributed by atoms with Gasteiger partial charge in [0.15, 0.2) is 0 Å². The van der Waals surface area contributed by atoms with Crippen molar-refractivity contribution in [1.82, 2.24) is 19.7 Å². The minimum absolute atomic E-state index is 0.0982. The largest absolute Gasteiger partial charge is 0.344 e. The third kappa shape index (κ3) is 21.3. The zero-order valence-corrected chi connectivity index (χ0v) is 37.3. The van der Waals surface area contributed by atoms with Crippen molar-refractivity contribution in [1.29, 1.82) is 0 Å². The maximum Gasteiger partial charge on any atom is 0.344 e. The van der Waals surface area contributed by atoms with Gasteiger partial charge in [0.25, 0.3) is 0 Å². The highest BCUT2D eigenvalue weighted by molar-refractivity contribution is 7.54. The summed E-state index contributed by atoms with van der Waals surface area (Å²) in [6.07, 6.45) is 10.6. The molecule has 0 aromatic carbocycles. The van der Waals surface area contributed by atoms with Gasteiger partial charge >= 0.3 is 22.8 Å². The molecule has 54 heavy (non-hydrogen) atoms. The van der Waals surface area contributed by atoms with Crippen molar-refractivity contribution in [2.24, 2.45) is 0 Å². The van der Waals surface area contributed by atoms with Gasteiger partial charge in [-0.1, -0.05) is 86.1 Å².